The first-order valence-corrected chi connectivity index (χ1v) is 5.89. The molecule has 0 atom stereocenters. The van der Waals surface area contributed by atoms with Gasteiger partial charge in [0, 0.05) is 11.0 Å². The molecule has 0 saturated carbocycles. The Morgan fingerprint density at radius 3 is 2.62 bits per heavy atom. The van der Waals surface area contributed by atoms with E-state index >= 15 is 0 Å². The molecule has 0 aliphatic carbocycles. The number of nitrogens with one attached hydrogen (secondary N) is 2. The van der Waals surface area contributed by atoms with Crippen LogP contribution < -0.4 is 20.9 Å². The van der Waals surface area contributed by atoms with Gasteiger partial charge in [-0.1, -0.05) is 5.11 Å². The molecule has 0 amide bonds. The van der Waals surface area contributed by atoms with Gasteiger partial charge in [-0.3, -0.25) is 0 Å². The molecule has 2 rings (SSSR count). The van der Waals surface area contributed by atoms with Crippen molar-refractivity contribution < 1.29 is 9.47 Å². The standard InChI is InChI=1S/C11H12N6O4/c1-20-9-6-7(17-10(18)14-15-11(17)19)2-3-8(9)21-5-4-13-16-12/h2-3,6H,4-5H2,1H3,(H,14,18)(H,15,19). The first-order valence-electron chi connectivity index (χ1n) is 5.89. The van der Waals surface area contributed by atoms with Crippen molar-refractivity contribution in [3.05, 3.63) is 49.6 Å². The number of benzene rings is 1. The third-order valence-electron chi connectivity index (χ3n) is 2.60. The molecule has 0 fully saturated rings. The zero-order valence-corrected chi connectivity index (χ0v) is 11.1. The number of H-pyrrole nitrogens is 2. The number of methoxy groups -OCH3 is 1. The average molecular weight is 292 g/mol. The average Bonchev–Trinajstić information content (AvgIpc) is 2.83. The Morgan fingerprint density at radius 1 is 1.29 bits per heavy atom. The SMILES string of the molecule is COc1cc(-n2c(=O)[nH][nH]c2=O)ccc1OCCN=[N+]=[N-]. The third-order valence-corrected chi connectivity index (χ3v) is 2.60. The topological polar surface area (TPSA) is 138 Å². The highest BCUT2D eigenvalue weighted by Gasteiger charge is 2.10. The maximum Gasteiger partial charge on any atom is 0.348 e. The van der Waals surface area contributed by atoms with E-state index in [1.807, 2.05) is 0 Å². The fourth-order valence-corrected chi connectivity index (χ4v) is 1.70. The molecule has 2 N–H and O–H groups in total. The van der Waals surface area contributed by atoms with Gasteiger partial charge in [0.1, 0.15) is 0 Å². The predicted octanol–water partition coefficient (Wildman–Crippen LogP) is 0.552. The van der Waals surface area contributed by atoms with Crippen LogP contribution in [0.1, 0.15) is 0 Å². The molecule has 10 heteroatoms. The maximum atomic E-state index is 11.5. The number of aromatic nitrogens is 3. The van der Waals surface area contributed by atoms with Crippen LogP contribution in [0.5, 0.6) is 11.5 Å². The largest absolute Gasteiger partial charge is 0.493 e. The monoisotopic (exact) mass is 292 g/mol. The molecule has 0 unspecified atom stereocenters. The van der Waals surface area contributed by atoms with Gasteiger partial charge in [-0.15, -0.1) is 0 Å². The molecule has 0 aliphatic heterocycles. The Bertz CT molecular complexity index is 755. The Labute approximate surface area is 117 Å². The molecule has 110 valence electrons. The van der Waals surface area contributed by atoms with E-state index in [2.05, 4.69) is 20.2 Å². The van der Waals surface area contributed by atoms with Crippen molar-refractivity contribution in [3.63, 3.8) is 0 Å². The number of hydrogen-bond donors (Lipinski definition) is 2. The van der Waals surface area contributed by atoms with Crippen LogP contribution in [-0.2, 0) is 0 Å². The summed E-state index contributed by atoms with van der Waals surface area (Å²) in [4.78, 5) is 25.7. The summed E-state index contributed by atoms with van der Waals surface area (Å²) in [6.45, 7) is 0.364. The van der Waals surface area contributed by atoms with E-state index in [0.29, 0.717) is 17.2 Å². The highest BCUT2D eigenvalue weighted by atomic mass is 16.5. The first-order chi connectivity index (χ1) is 10.2. The molecule has 0 saturated heterocycles. The van der Waals surface area contributed by atoms with Crippen LogP contribution in [0.4, 0.5) is 0 Å². The summed E-state index contributed by atoms with van der Waals surface area (Å²) in [6.07, 6.45) is 0. The number of rotatable bonds is 6. The molecule has 0 spiro atoms. The van der Waals surface area contributed by atoms with E-state index in [9.17, 15) is 9.59 Å². The summed E-state index contributed by atoms with van der Waals surface area (Å²) >= 11 is 0. The van der Waals surface area contributed by atoms with Crippen LogP contribution in [0, 0.1) is 0 Å². The predicted molar refractivity (Wildman–Crippen MR) is 73.1 cm³/mol. The zero-order valence-electron chi connectivity index (χ0n) is 11.1. The van der Waals surface area contributed by atoms with Crippen molar-refractivity contribution in [3.8, 4) is 17.2 Å². The first kappa shape index (κ1) is 14.3. The zero-order chi connectivity index (χ0) is 15.2. The molecule has 0 bridgehead atoms. The maximum absolute atomic E-state index is 11.5. The Kier molecular flexibility index (Phi) is 4.32. The minimum atomic E-state index is -0.584. The third kappa shape index (κ3) is 3.07. The van der Waals surface area contributed by atoms with Crippen molar-refractivity contribution >= 4 is 0 Å². The van der Waals surface area contributed by atoms with Crippen LogP contribution in [-0.4, -0.2) is 35.0 Å². The van der Waals surface area contributed by atoms with Gasteiger partial charge in [0.25, 0.3) is 0 Å². The molecule has 2 aromatic rings. The molecule has 0 radical (unpaired) electrons. The van der Waals surface area contributed by atoms with Gasteiger partial charge in [0.15, 0.2) is 11.5 Å². The highest BCUT2D eigenvalue weighted by Crippen LogP contribution is 2.28. The second-order valence-corrected chi connectivity index (χ2v) is 3.83. The van der Waals surface area contributed by atoms with Crippen LogP contribution in [0.25, 0.3) is 16.1 Å². The summed E-state index contributed by atoms with van der Waals surface area (Å²) in [5, 5.41) is 7.72. The van der Waals surface area contributed by atoms with Crippen molar-refractivity contribution in [1.29, 1.82) is 0 Å². The molecule has 10 nitrogen and oxygen atoms in total. The van der Waals surface area contributed by atoms with Gasteiger partial charge < -0.3 is 9.47 Å². The molecule has 1 aromatic heterocycles. The van der Waals surface area contributed by atoms with Crippen molar-refractivity contribution in [2.75, 3.05) is 20.3 Å². The van der Waals surface area contributed by atoms with Crippen LogP contribution in [0.15, 0.2) is 32.9 Å². The number of aromatic amines is 2. The van der Waals surface area contributed by atoms with Gasteiger partial charge >= 0.3 is 11.4 Å². The highest BCUT2D eigenvalue weighted by molar-refractivity contribution is 5.48. The second kappa shape index (κ2) is 6.35. The lowest BCUT2D eigenvalue weighted by Crippen LogP contribution is -2.24. The van der Waals surface area contributed by atoms with E-state index < -0.39 is 11.4 Å². The normalized spacial score (nSPS) is 9.95. The number of nitrogens with zero attached hydrogens (tertiary/aromatic N) is 4. The summed E-state index contributed by atoms with van der Waals surface area (Å²) in [6, 6.07) is 4.59. The lowest BCUT2D eigenvalue weighted by molar-refractivity contribution is 0.302. The quantitative estimate of drug-likeness (QED) is 0.347. The number of azide groups is 1. The van der Waals surface area contributed by atoms with E-state index in [4.69, 9.17) is 15.0 Å². The van der Waals surface area contributed by atoms with Crippen LogP contribution >= 0.6 is 0 Å². The minimum Gasteiger partial charge on any atom is -0.493 e. The molecular weight excluding hydrogens is 280 g/mol. The van der Waals surface area contributed by atoms with E-state index in [-0.39, 0.29) is 13.2 Å². The summed E-state index contributed by atoms with van der Waals surface area (Å²) < 4.78 is 11.5. The van der Waals surface area contributed by atoms with E-state index in [1.165, 1.54) is 19.2 Å². The Hall–Kier alpha value is -3.13. The van der Waals surface area contributed by atoms with Crippen LogP contribution in [0.2, 0.25) is 0 Å². The fourth-order valence-electron chi connectivity index (χ4n) is 1.70. The molecule has 0 aliphatic rings. The Balaban J connectivity index is 2.30. The molecule has 1 aromatic carbocycles. The van der Waals surface area contributed by atoms with Gasteiger partial charge in [-0.25, -0.2) is 24.4 Å². The lowest BCUT2D eigenvalue weighted by atomic mass is 10.2. The van der Waals surface area contributed by atoms with E-state index in [0.717, 1.165) is 4.57 Å². The van der Waals surface area contributed by atoms with Crippen molar-refractivity contribution in [2.24, 2.45) is 5.11 Å². The molecule has 21 heavy (non-hydrogen) atoms. The summed E-state index contributed by atoms with van der Waals surface area (Å²) in [5.74, 6) is 0.760. The number of hydrogen-bond acceptors (Lipinski definition) is 5. The summed E-state index contributed by atoms with van der Waals surface area (Å²) in [7, 11) is 1.43. The van der Waals surface area contributed by atoms with Gasteiger partial charge in [0.05, 0.1) is 25.9 Å². The van der Waals surface area contributed by atoms with Gasteiger partial charge in [0.2, 0.25) is 0 Å². The van der Waals surface area contributed by atoms with Crippen LogP contribution in [0.3, 0.4) is 0 Å². The molecular formula is C11H12N6O4. The summed E-state index contributed by atoms with van der Waals surface area (Å²) in [5.41, 5.74) is 7.34. The second-order valence-electron chi connectivity index (χ2n) is 3.83. The Morgan fingerprint density at radius 2 is 2.00 bits per heavy atom. The van der Waals surface area contributed by atoms with E-state index in [1.54, 1.807) is 6.07 Å². The van der Waals surface area contributed by atoms with Crippen molar-refractivity contribution in [1.82, 2.24) is 14.8 Å². The fraction of sp³-hybridized carbons (Fsp3) is 0.273. The van der Waals surface area contributed by atoms with Gasteiger partial charge in [-0.05, 0) is 17.7 Å². The lowest BCUT2D eigenvalue weighted by Gasteiger charge is -2.11. The smallest absolute Gasteiger partial charge is 0.348 e. The van der Waals surface area contributed by atoms with Crippen molar-refractivity contribution in [2.45, 2.75) is 0 Å². The van der Waals surface area contributed by atoms with Gasteiger partial charge in [-0.2, -0.15) is 0 Å². The number of ether oxygens (including phenoxy) is 2. The molecule has 1 heterocycles. The minimum absolute atomic E-state index is 0.179.